The van der Waals surface area contributed by atoms with Gasteiger partial charge >= 0.3 is 0 Å². The molecule has 1 aromatic rings. The largest absolute Gasteiger partial charge is 0.245 e. The second-order valence-electron chi connectivity index (χ2n) is 4.27. The van der Waals surface area contributed by atoms with Crippen LogP contribution in [-0.4, -0.2) is 9.97 Å². The van der Waals surface area contributed by atoms with Crippen molar-refractivity contribution >= 4 is 0 Å². The lowest BCUT2D eigenvalue weighted by Crippen LogP contribution is -2.11. The summed E-state index contributed by atoms with van der Waals surface area (Å²) in [5.41, 5.74) is 2.71. The number of aromatic nitrogens is 2. The number of nitrogens with zero attached hydrogens (tertiary/aromatic N) is 2. The van der Waals surface area contributed by atoms with Crippen LogP contribution in [0.5, 0.6) is 0 Å². The highest BCUT2D eigenvalue weighted by Crippen LogP contribution is 2.27. The summed E-state index contributed by atoms with van der Waals surface area (Å²) < 4.78 is 0. The Morgan fingerprint density at radius 3 is 3.08 bits per heavy atom. The van der Waals surface area contributed by atoms with Crippen molar-refractivity contribution in [1.29, 1.82) is 0 Å². The molecule has 1 heterocycles. The van der Waals surface area contributed by atoms with Crippen LogP contribution in [0.3, 0.4) is 0 Å². The molecule has 0 fully saturated rings. The fourth-order valence-corrected chi connectivity index (χ4v) is 1.75. The second kappa shape index (κ2) is 2.95. The van der Waals surface area contributed by atoms with Crippen LogP contribution in [0.2, 0.25) is 0 Å². The molecule has 13 heavy (non-hydrogen) atoms. The van der Waals surface area contributed by atoms with Gasteiger partial charge in [0.25, 0.3) is 0 Å². The summed E-state index contributed by atoms with van der Waals surface area (Å²) in [7, 11) is 0. The minimum atomic E-state index is 0.246. The van der Waals surface area contributed by atoms with Gasteiger partial charge in [-0.05, 0) is 17.4 Å². The molecule has 0 spiro atoms. The summed E-state index contributed by atoms with van der Waals surface area (Å²) in [6.07, 6.45) is 10.0. The molecule has 0 saturated heterocycles. The lowest BCUT2D eigenvalue weighted by atomic mass is 9.87. The summed E-state index contributed by atoms with van der Waals surface area (Å²) in [4.78, 5) is 8.35. The van der Waals surface area contributed by atoms with Crippen LogP contribution in [0, 0.1) is 5.41 Å². The zero-order valence-electron chi connectivity index (χ0n) is 8.12. The van der Waals surface area contributed by atoms with Crippen molar-refractivity contribution in [3.63, 3.8) is 0 Å². The molecule has 2 heteroatoms. The average molecular weight is 174 g/mol. The van der Waals surface area contributed by atoms with Crippen molar-refractivity contribution in [3.8, 4) is 0 Å². The minimum absolute atomic E-state index is 0.246. The molecular weight excluding hydrogens is 160 g/mol. The number of hydrogen-bond donors (Lipinski definition) is 0. The number of rotatable bonds is 0. The van der Waals surface area contributed by atoms with Gasteiger partial charge in [-0.1, -0.05) is 26.0 Å². The van der Waals surface area contributed by atoms with Crippen LogP contribution in [0.15, 0.2) is 24.7 Å². The third kappa shape index (κ3) is 1.77. The second-order valence-corrected chi connectivity index (χ2v) is 4.27. The highest BCUT2D eigenvalue weighted by Gasteiger charge is 2.19. The molecular formula is C11H14N2. The first kappa shape index (κ1) is 8.42. The summed E-state index contributed by atoms with van der Waals surface area (Å²) in [5.74, 6) is 0. The van der Waals surface area contributed by atoms with E-state index in [4.69, 9.17) is 0 Å². The normalized spacial score (nSPS) is 19.2. The molecule has 0 amide bonds. The Labute approximate surface area is 78.7 Å². The molecule has 0 aromatic carbocycles. The molecule has 68 valence electrons. The highest BCUT2D eigenvalue weighted by molar-refractivity contribution is 5.24. The fourth-order valence-electron chi connectivity index (χ4n) is 1.75. The van der Waals surface area contributed by atoms with Crippen LogP contribution in [-0.2, 0) is 12.8 Å². The molecule has 0 radical (unpaired) electrons. The van der Waals surface area contributed by atoms with E-state index in [9.17, 15) is 0 Å². The summed E-state index contributed by atoms with van der Waals surface area (Å²) >= 11 is 0. The summed E-state index contributed by atoms with van der Waals surface area (Å²) in [6.45, 7) is 4.48. The maximum atomic E-state index is 4.28. The van der Waals surface area contributed by atoms with E-state index in [1.807, 2.05) is 6.20 Å². The molecule has 1 aromatic heterocycles. The predicted molar refractivity (Wildman–Crippen MR) is 52.4 cm³/mol. The van der Waals surface area contributed by atoms with Crippen molar-refractivity contribution in [2.24, 2.45) is 5.41 Å². The van der Waals surface area contributed by atoms with E-state index < -0.39 is 0 Å². The maximum Gasteiger partial charge on any atom is 0.115 e. The Bertz CT molecular complexity index is 340. The molecule has 0 bridgehead atoms. The zero-order chi connectivity index (χ0) is 9.31. The predicted octanol–water partition coefficient (Wildman–Crippen LogP) is 2.16. The number of hydrogen-bond acceptors (Lipinski definition) is 2. The third-order valence-corrected chi connectivity index (χ3v) is 2.41. The van der Waals surface area contributed by atoms with Gasteiger partial charge in [0.1, 0.15) is 6.33 Å². The van der Waals surface area contributed by atoms with Gasteiger partial charge in [0.2, 0.25) is 0 Å². The van der Waals surface area contributed by atoms with Gasteiger partial charge < -0.3 is 0 Å². The molecule has 0 atom stereocenters. The lowest BCUT2D eigenvalue weighted by Gasteiger charge is -2.18. The van der Waals surface area contributed by atoms with Crippen LogP contribution in [0.1, 0.15) is 25.1 Å². The molecule has 0 N–H and O–H groups in total. The van der Waals surface area contributed by atoms with Crippen molar-refractivity contribution in [3.05, 3.63) is 35.9 Å². The SMILES string of the molecule is CC1(C)C=CCc2ncncc2C1. The van der Waals surface area contributed by atoms with Crippen LogP contribution in [0.4, 0.5) is 0 Å². The first-order valence-corrected chi connectivity index (χ1v) is 4.63. The van der Waals surface area contributed by atoms with Crippen LogP contribution >= 0.6 is 0 Å². The topological polar surface area (TPSA) is 25.8 Å². The van der Waals surface area contributed by atoms with Gasteiger partial charge in [-0.15, -0.1) is 0 Å². The molecule has 0 saturated carbocycles. The van der Waals surface area contributed by atoms with E-state index in [0.29, 0.717) is 0 Å². The van der Waals surface area contributed by atoms with E-state index in [1.54, 1.807) is 6.33 Å². The van der Waals surface area contributed by atoms with Gasteiger partial charge in [0.05, 0.1) is 5.69 Å². The molecule has 0 unspecified atom stereocenters. The molecule has 0 aliphatic heterocycles. The first-order chi connectivity index (χ1) is 6.17. The molecule has 1 aliphatic rings. The molecule has 1 aliphatic carbocycles. The van der Waals surface area contributed by atoms with Crippen molar-refractivity contribution in [1.82, 2.24) is 9.97 Å². The summed E-state index contributed by atoms with van der Waals surface area (Å²) in [5, 5.41) is 0. The highest BCUT2D eigenvalue weighted by atomic mass is 14.8. The van der Waals surface area contributed by atoms with E-state index >= 15 is 0 Å². The summed E-state index contributed by atoms with van der Waals surface area (Å²) in [6, 6.07) is 0. The van der Waals surface area contributed by atoms with Crippen molar-refractivity contribution in [2.75, 3.05) is 0 Å². The average Bonchev–Trinajstić information content (AvgIpc) is 2.21. The number of fused-ring (bicyclic) bond motifs is 1. The third-order valence-electron chi connectivity index (χ3n) is 2.41. The Balaban J connectivity index is 2.41. The Kier molecular flexibility index (Phi) is 1.91. The fraction of sp³-hybridized carbons (Fsp3) is 0.455. The van der Waals surface area contributed by atoms with Gasteiger partial charge in [0.15, 0.2) is 0 Å². The number of allylic oxidation sites excluding steroid dienone is 2. The van der Waals surface area contributed by atoms with Gasteiger partial charge in [-0.2, -0.15) is 0 Å². The van der Waals surface area contributed by atoms with Crippen molar-refractivity contribution < 1.29 is 0 Å². The van der Waals surface area contributed by atoms with Crippen LogP contribution in [0.25, 0.3) is 0 Å². The van der Waals surface area contributed by atoms with E-state index in [2.05, 4.69) is 36.0 Å². The van der Waals surface area contributed by atoms with E-state index in [0.717, 1.165) is 12.8 Å². The van der Waals surface area contributed by atoms with E-state index in [1.165, 1.54) is 11.3 Å². The minimum Gasteiger partial charge on any atom is -0.245 e. The zero-order valence-corrected chi connectivity index (χ0v) is 8.12. The van der Waals surface area contributed by atoms with Gasteiger partial charge in [0, 0.05) is 12.6 Å². The maximum absolute atomic E-state index is 4.28. The standard InChI is InChI=1S/C11H14N2/c1-11(2)5-3-4-10-9(6-11)7-12-8-13-10/h3,5,7-8H,4,6H2,1-2H3. The quantitative estimate of drug-likeness (QED) is 0.563. The Hall–Kier alpha value is -1.18. The lowest BCUT2D eigenvalue weighted by molar-refractivity contribution is 0.478. The van der Waals surface area contributed by atoms with Gasteiger partial charge in [-0.3, -0.25) is 0 Å². The van der Waals surface area contributed by atoms with Gasteiger partial charge in [-0.25, -0.2) is 9.97 Å². The molecule has 2 rings (SSSR count). The monoisotopic (exact) mass is 174 g/mol. The molecule has 2 nitrogen and oxygen atoms in total. The smallest absolute Gasteiger partial charge is 0.115 e. The van der Waals surface area contributed by atoms with Crippen molar-refractivity contribution in [2.45, 2.75) is 26.7 Å². The Morgan fingerprint density at radius 1 is 1.38 bits per heavy atom. The Morgan fingerprint density at radius 2 is 2.23 bits per heavy atom. The van der Waals surface area contributed by atoms with E-state index in [-0.39, 0.29) is 5.41 Å². The first-order valence-electron chi connectivity index (χ1n) is 4.63. The van der Waals surface area contributed by atoms with Crippen LogP contribution < -0.4 is 0 Å².